The van der Waals surface area contributed by atoms with E-state index in [9.17, 15) is 9.59 Å². The van der Waals surface area contributed by atoms with E-state index < -0.39 is 0 Å². The van der Waals surface area contributed by atoms with Gasteiger partial charge in [0, 0.05) is 38.2 Å². The summed E-state index contributed by atoms with van der Waals surface area (Å²) >= 11 is 0. The smallest absolute Gasteiger partial charge is 0.253 e. The second-order valence-corrected chi connectivity index (χ2v) is 7.02. The number of rotatable bonds is 4. The molecule has 6 heteroatoms. The highest BCUT2D eigenvalue weighted by Crippen LogP contribution is 2.31. The molecule has 0 atom stereocenters. The summed E-state index contributed by atoms with van der Waals surface area (Å²) in [5, 5.41) is 0. The van der Waals surface area contributed by atoms with Gasteiger partial charge in [0.1, 0.15) is 13.2 Å². The van der Waals surface area contributed by atoms with Crippen LogP contribution in [0.3, 0.4) is 0 Å². The summed E-state index contributed by atoms with van der Waals surface area (Å²) in [6.07, 6.45) is 1.12. The Morgan fingerprint density at radius 2 is 1.50 bits per heavy atom. The summed E-state index contributed by atoms with van der Waals surface area (Å²) in [6.45, 7) is 3.44. The zero-order valence-electron chi connectivity index (χ0n) is 15.8. The fourth-order valence-electron chi connectivity index (χ4n) is 3.57. The van der Waals surface area contributed by atoms with Crippen LogP contribution in [-0.2, 0) is 11.2 Å². The quantitative estimate of drug-likeness (QED) is 0.817. The van der Waals surface area contributed by atoms with Crippen LogP contribution in [0.5, 0.6) is 11.5 Å². The maximum absolute atomic E-state index is 12.6. The Labute approximate surface area is 164 Å². The van der Waals surface area contributed by atoms with Crippen LogP contribution in [0, 0.1) is 0 Å². The van der Waals surface area contributed by atoms with Crippen LogP contribution in [0.15, 0.2) is 48.5 Å². The van der Waals surface area contributed by atoms with Gasteiger partial charge in [-0.2, -0.15) is 0 Å². The van der Waals surface area contributed by atoms with E-state index in [4.69, 9.17) is 9.47 Å². The first-order valence-electron chi connectivity index (χ1n) is 9.71. The molecule has 2 amide bonds. The lowest BCUT2D eigenvalue weighted by Gasteiger charge is -2.35. The van der Waals surface area contributed by atoms with Gasteiger partial charge < -0.3 is 19.3 Å². The van der Waals surface area contributed by atoms with Gasteiger partial charge in [-0.3, -0.25) is 9.59 Å². The van der Waals surface area contributed by atoms with Crippen molar-refractivity contribution in [2.75, 3.05) is 39.4 Å². The molecule has 2 aliphatic rings. The van der Waals surface area contributed by atoms with Crippen LogP contribution in [0.1, 0.15) is 22.3 Å². The van der Waals surface area contributed by atoms with E-state index in [0.29, 0.717) is 57.8 Å². The molecule has 0 saturated carbocycles. The van der Waals surface area contributed by atoms with Crippen molar-refractivity contribution in [1.29, 1.82) is 0 Å². The molecule has 0 unspecified atom stereocenters. The number of nitrogens with zero attached hydrogens (tertiary/aromatic N) is 2. The van der Waals surface area contributed by atoms with Gasteiger partial charge in [-0.05, 0) is 36.2 Å². The zero-order valence-corrected chi connectivity index (χ0v) is 15.8. The van der Waals surface area contributed by atoms with Crippen molar-refractivity contribution in [2.24, 2.45) is 0 Å². The van der Waals surface area contributed by atoms with Crippen LogP contribution in [0.4, 0.5) is 0 Å². The number of piperazine rings is 1. The van der Waals surface area contributed by atoms with Gasteiger partial charge in [0.25, 0.3) is 5.91 Å². The molecule has 2 aromatic rings. The first-order chi connectivity index (χ1) is 13.7. The molecule has 2 heterocycles. The summed E-state index contributed by atoms with van der Waals surface area (Å²) < 4.78 is 11.1. The monoisotopic (exact) mass is 380 g/mol. The molecule has 0 bridgehead atoms. The molecule has 1 fully saturated rings. The van der Waals surface area contributed by atoms with Gasteiger partial charge in [-0.15, -0.1) is 0 Å². The highest BCUT2D eigenvalue weighted by atomic mass is 16.6. The SMILES string of the molecule is O=C(CCc1ccc2c(c1)OCCO2)N1CCN(C(=O)c2ccccc2)CC1. The van der Waals surface area contributed by atoms with Gasteiger partial charge in [-0.1, -0.05) is 24.3 Å². The van der Waals surface area contributed by atoms with Gasteiger partial charge in [0.05, 0.1) is 0 Å². The maximum atomic E-state index is 12.6. The molecular weight excluding hydrogens is 356 g/mol. The molecule has 146 valence electrons. The molecule has 0 spiro atoms. The molecule has 1 saturated heterocycles. The van der Waals surface area contributed by atoms with Crippen molar-refractivity contribution < 1.29 is 19.1 Å². The third-order valence-electron chi connectivity index (χ3n) is 5.17. The van der Waals surface area contributed by atoms with Crippen molar-refractivity contribution >= 4 is 11.8 Å². The van der Waals surface area contributed by atoms with Crippen LogP contribution >= 0.6 is 0 Å². The van der Waals surface area contributed by atoms with E-state index in [1.165, 1.54) is 0 Å². The molecule has 4 rings (SSSR count). The molecule has 0 aliphatic carbocycles. The second kappa shape index (κ2) is 8.33. The van der Waals surface area contributed by atoms with Crippen molar-refractivity contribution in [2.45, 2.75) is 12.8 Å². The summed E-state index contributed by atoms with van der Waals surface area (Å²) in [5.74, 6) is 1.68. The van der Waals surface area contributed by atoms with Gasteiger partial charge >= 0.3 is 0 Å². The van der Waals surface area contributed by atoms with Crippen LogP contribution in [-0.4, -0.2) is 61.0 Å². The Hall–Kier alpha value is -3.02. The van der Waals surface area contributed by atoms with E-state index in [2.05, 4.69) is 0 Å². The lowest BCUT2D eigenvalue weighted by Crippen LogP contribution is -2.50. The number of amides is 2. The summed E-state index contributed by atoms with van der Waals surface area (Å²) in [5.41, 5.74) is 1.76. The van der Waals surface area contributed by atoms with Gasteiger partial charge in [0.2, 0.25) is 5.91 Å². The van der Waals surface area contributed by atoms with Crippen molar-refractivity contribution in [1.82, 2.24) is 9.80 Å². The first kappa shape index (κ1) is 18.3. The molecular formula is C22H24N2O4. The number of fused-ring (bicyclic) bond motifs is 1. The number of benzene rings is 2. The molecule has 2 aliphatic heterocycles. The minimum absolute atomic E-state index is 0.0315. The number of aryl methyl sites for hydroxylation is 1. The van der Waals surface area contributed by atoms with E-state index in [1.807, 2.05) is 58.3 Å². The van der Waals surface area contributed by atoms with Crippen LogP contribution in [0.25, 0.3) is 0 Å². The van der Waals surface area contributed by atoms with Gasteiger partial charge in [0.15, 0.2) is 11.5 Å². The average Bonchev–Trinajstić information content (AvgIpc) is 2.77. The number of ether oxygens (including phenoxy) is 2. The zero-order chi connectivity index (χ0) is 19.3. The van der Waals surface area contributed by atoms with Crippen molar-refractivity contribution in [3.8, 4) is 11.5 Å². The second-order valence-electron chi connectivity index (χ2n) is 7.02. The molecule has 0 radical (unpaired) electrons. The first-order valence-corrected chi connectivity index (χ1v) is 9.71. The van der Waals surface area contributed by atoms with Crippen molar-refractivity contribution in [3.05, 3.63) is 59.7 Å². The minimum atomic E-state index is 0.0315. The predicted molar refractivity (Wildman–Crippen MR) is 105 cm³/mol. The molecule has 28 heavy (non-hydrogen) atoms. The van der Waals surface area contributed by atoms with Crippen molar-refractivity contribution in [3.63, 3.8) is 0 Å². The third-order valence-corrected chi connectivity index (χ3v) is 5.17. The van der Waals surface area contributed by atoms with E-state index >= 15 is 0 Å². The summed E-state index contributed by atoms with van der Waals surface area (Å²) in [6, 6.07) is 15.1. The number of carbonyl (C=O) groups is 2. The Balaban J connectivity index is 1.27. The normalized spacial score (nSPS) is 16.0. The maximum Gasteiger partial charge on any atom is 0.253 e. The minimum Gasteiger partial charge on any atom is -0.486 e. The standard InChI is InChI=1S/C22H24N2O4/c25-21(9-7-17-6-8-19-20(16-17)28-15-14-27-19)23-10-12-24(13-11-23)22(26)18-4-2-1-3-5-18/h1-6,8,16H,7,9-15H2. The molecule has 2 aromatic carbocycles. The highest BCUT2D eigenvalue weighted by Gasteiger charge is 2.24. The predicted octanol–water partition coefficient (Wildman–Crippen LogP) is 2.38. The highest BCUT2D eigenvalue weighted by molar-refractivity contribution is 5.94. The fourth-order valence-corrected chi connectivity index (χ4v) is 3.57. The lowest BCUT2D eigenvalue weighted by atomic mass is 10.1. The average molecular weight is 380 g/mol. The Morgan fingerprint density at radius 3 is 2.25 bits per heavy atom. The summed E-state index contributed by atoms with van der Waals surface area (Å²) in [7, 11) is 0. The van der Waals surface area contributed by atoms with E-state index in [1.54, 1.807) is 0 Å². The van der Waals surface area contributed by atoms with E-state index in [-0.39, 0.29) is 11.8 Å². The largest absolute Gasteiger partial charge is 0.486 e. The fraction of sp³-hybridized carbons (Fsp3) is 0.364. The Kier molecular flexibility index (Phi) is 5.46. The topological polar surface area (TPSA) is 59.1 Å². The summed E-state index contributed by atoms with van der Waals surface area (Å²) in [4.78, 5) is 28.8. The number of hydrogen-bond acceptors (Lipinski definition) is 4. The van der Waals surface area contributed by atoms with Gasteiger partial charge in [-0.25, -0.2) is 0 Å². The van der Waals surface area contributed by atoms with E-state index in [0.717, 1.165) is 17.1 Å². The lowest BCUT2D eigenvalue weighted by molar-refractivity contribution is -0.132. The van der Waals surface area contributed by atoms with Crippen LogP contribution < -0.4 is 9.47 Å². The Bertz CT molecular complexity index is 845. The number of hydrogen-bond donors (Lipinski definition) is 0. The Morgan fingerprint density at radius 1 is 0.821 bits per heavy atom. The third kappa shape index (κ3) is 4.11. The molecule has 0 N–H and O–H groups in total. The molecule has 0 aromatic heterocycles. The van der Waals surface area contributed by atoms with Crippen LogP contribution in [0.2, 0.25) is 0 Å². The number of carbonyl (C=O) groups excluding carboxylic acids is 2. The molecule has 6 nitrogen and oxygen atoms in total.